The third-order valence-electron chi connectivity index (χ3n) is 4.07. The topological polar surface area (TPSA) is 67.4 Å². The summed E-state index contributed by atoms with van der Waals surface area (Å²) in [6, 6.07) is 11.6. The Morgan fingerprint density at radius 3 is 2.50 bits per heavy atom. The molecular weight excluding hydrogens is 399 g/mol. The Labute approximate surface area is 175 Å². The maximum atomic E-state index is 12.5. The van der Waals surface area contributed by atoms with E-state index in [9.17, 15) is 9.59 Å². The molecule has 0 heterocycles. The Bertz CT molecular complexity index is 840. The van der Waals surface area contributed by atoms with E-state index in [2.05, 4.69) is 10.6 Å². The molecule has 0 bridgehead atoms. The van der Waals surface area contributed by atoms with Crippen LogP contribution >= 0.6 is 23.2 Å². The molecule has 0 aliphatic heterocycles. The van der Waals surface area contributed by atoms with E-state index in [1.165, 1.54) is 12.1 Å². The van der Waals surface area contributed by atoms with Gasteiger partial charge in [0.2, 0.25) is 5.91 Å². The summed E-state index contributed by atoms with van der Waals surface area (Å²) in [6.45, 7) is 6.36. The molecule has 2 N–H and O–H groups in total. The number of ether oxygens (including phenoxy) is 1. The van der Waals surface area contributed by atoms with Crippen molar-refractivity contribution in [1.82, 2.24) is 10.6 Å². The second kappa shape index (κ2) is 10.3. The number of aryl methyl sites for hydroxylation is 1. The van der Waals surface area contributed by atoms with Crippen LogP contribution in [0.3, 0.4) is 0 Å². The van der Waals surface area contributed by atoms with Gasteiger partial charge in [0.05, 0.1) is 17.1 Å². The first kappa shape index (κ1) is 22.1. The van der Waals surface area contributed by atoms with Gasteiger partial charge >= 0.3 is 0 Å². The molecule has 0 aliphatic rings. The second-order valence-electron chi connectivity index (χ2n) is 6.78. The fourth-order valence-electron chi connectivity index (χ4n) is 2.59. The molecule has 2 rings (SSSR count). The van der Waals surface area contributed by atoms with Crippen molar-refractivity contribution in [3.05, 3.63) is 63.6 Å². The van der Waals surface area contributed by atoms with Crippen molar-refractivity contribution in [3.63, 3.8) is 0 Å². The number of halogens is 2. The predicted molar refractivity (Wildman–Crippen MR) is 112 cm³/mol. The van der Waals surface area contributed by atoms with Crippen LogP contribution in [-0.4, -0.2) is 31.0 Å². The minimum atomic E-state index is -0.696. The molecule has 0 fully saturated rings. The van der Waals surface area contributed by atoms with Crippen molar-refractivity contribution in [2.75, 3.05) is 13.2 Å². The van der Waals surface area contributed by atoms with Crippen LogP contribution in [0.5, 0.6) is 5.75 Å². The largest absolute Gasteiger partial charge is 0.492 e. The molecule has 0 aliphatic carbocycles. The number of nitrogens with one attached hydrogen (secondary N) is 2. The minimum Gasteiger partial charge on any atom is -0.492 e. The van der Waals surface area contributed by atoms with Gasteiger partial charge in [0.1, 0.15) is 18.4 Å². The normalized spacial score (nSPS) is 11.8. The molecule has 1 unspecified atom stereocenters. The van der Waals surface area contributed by atoms with Crippen molar-refractivity contribution in [2.24, 2.45) is 5.92 Å². The fraction of sp³-hybridized carbons (Fsp3) is 0.333. The van der Waals surface area contributed by atoms with Gasteiger partial charge in [0.25, 0.3) is 5.91 Å². The molecule has 2 aromatic rings. The number of carbonyl (C=O) groups is 2. The summed E-state index contributed by atoms with van der Waals surface area (Å²) in [6.07, 6.45) is 0. The lowest BCUT2D eigenvalue weighted by atomic mass is 10.0. The minimum absolute atomic E-state index is 0.104. The van der Waals surface area contributed by atoms with Gasteiger partial charge in [0.15, 0.2) is 0 Å². The zero-order chi connectivity index (χ0) is 20.7. The summed E-state index contributed by atoms with van der Waals surface area (Å²) in [5.41, 5.74) is 1.37. The summed E-state index contributed by atoms with van der Waals surface area (Å²) < 4.78 is 5.62. The highest BCUT2D eigenvalue weighted by Gasteiger charge is 2.25. The van der Waals surface area contributed by atoms with E-state index in [4.69, 9.17) is 27.9 Å². The Morgan fingerprint density at radius 2 is 1.86 bits per heavy atom. The van der Waals surface area contributed by atoms with Crippen LogP contribution in [0.4, 0.5) is 0 Å². The van der Waals surface area contributed by atoms with Gasteiger partial charge in [-0.25, -0.2) is 0 Å². The van der Waals surface area contributed by atoms with Crippen LogP contribution in [0.15, 0.2) is 42.5 Å². The van der Waals surface area contributed by atoms with Gasteiger partial charge in [-0.3, -0.25) is 9.59 Å². The van der Waals surface area contributed by atoms with Crippen molar-refractivity contribution < 1.29 is 14.3 Å². The van der Waals surface area contributed by atoms with Gasteiger partial charge in [-0.2, -0.15) is 0 Å². The highest BCUT2D eigenvalue weighted by Crippen LogP contribution is 2.21. The SMILES string of the molecule is Cc1cccc(OCCNC(=O)C(NC(=O)c2ccc(Cl)cc2Cl)C(C)C)c1. The molecule has 0 radical (unpaired) electrons. The van der Waals surface area contributed by atoms with Crippen LogP contribution in [0.2, 0.25) is 10.0 Å². The van der Waals surface area contributed by atoms with Gasteiger partial charge in [-0.1, -0.05) is 49.2 Å². The van der Waals surface area contributed by atoms with Crippen LogP contribution in [0, 0.1) is 12.8 Å². The standard InChI is InChI=1S/C21H24Cl2N2O3/c1-13(2)19(25-20(26)17-8-7-15(22)12-18(17)23)21(27)24-9-10-28-16-6-4-5-14(3)11-16/h4-8,11-13,19H,9-10H2,1-3H3,(H,24,27)(H,25,26). The number of amides is 2. The molecule has 5 nitrogen and oxygen atoms in total. The molecule has 1 atom stereocenters. The Kier molecular flexibility index (Phi) is 8.15. The summed E-state index contributed by atoms with van der Waals surface area (Å²) in [4.78, 5) is 25.0. The summed E-state index contributed by atoms with van der Waals surface area (Å²) in [5, 5.41) is 6.21. The lowest BCUT2D eigenvalue weighted by Crippen LogP contribution is -2.50. The first-order valence-electron chi connectivity index (χ1n) is 9.01. The average Bonchev–Trinajstić information content (AvgIpc) is 2.62. The molecule has 0 saturated carbocycles. The van der Waals surface area contributed by atoms with Crippen molar-refractivity contribution in [2.45, 2.75) is 26.8 Å². The quantitative estimate of drug-likeness (QED) is 0.624. The van der Waals surface area contributed by atoms with E-state index >= 15 is 0 Å². The summed E-state index contributed by atoms with van der Waals surface area (Å²) in [7, 11) is 0. The summed E-state index contributed by atoms with van der Waals surface area (Å²) >= 11 is 11.9. The highest BCUT2D eigenvalue weighted by atomic mass is 35.5. The predicted octanol–water partition coefficient (Wildman–Crippen LogP) is 4.25. The molecule has 0 aromatic heterocycles. The maximum absolute atomic E-state index is 12.5. The zero-order valence-corrected chi connectivity index (χ0v) is 17.6. The molecule has 0 saturated heterocycles. The lowest BCUT2D eigenvalue weighted by Gasteiger charge is -2.22. The van der Waals surface area contributed by atoms with E-state index in [0.29, 0.717) is 18.2 Å². The van der Waals surface area contributed by atoms with E-state index in [1.54, 1.807) is 6.07 Å². The van der Waals surface area contributed by atoms with Crippen LogP contribution < -0.4 is 15.4 Å². The van der Waals surface area contributed by atoms with Crippen molar-refractivity contribution >= 4 is 35.0 Å². The molecule has 2 aromatic carbocycles. The van der Waals surface area contributed by atoms with Gasteiger partial charge in [0, 0.05) is 5.02 Å². The first-order valence-corrected chi connectivity index (χ1v) is 9.76. The molecule has 28 heavy (non-hydrogen) atoms. The van der Waals surface area contributed by atoms with E-state index in [-0.39, 0.29) is 22.4 Å². The molecular formula is C21H24Cl2N2O3. The summed E-state index contributed by atoms with van der Waals surface area (Å²) in [5.74, 6) is -0.0548. The molecule has 150 valence electrons. The Hall–Kier alpha value is -2.24. The third kappa shape index (κ3) is 6.43. The van der Waals surface area contributed by atoms with Crippen LogP contribution in [0.25, 0.3) is 0 Å². The van der Waals surface area contributed by atoms with Crippen molar-refractivity contribution in [3.8, 4) is 5.75 Å². The number of rotatable bonds is 8. The van der Waals surface area contributed by atoms with E-state index in [1.807, 2.05) is 45.0 Å². The van der Waals surface area contributed by atoms with E-state index < -0.39 is 11.9 Å². The van der Waals surface area contributed by atoms with Gasteiger partial charge in [-0.05, 0) is 48.7 Å². The number of hydrogen-bond acceptors (Lipinski definition) is 3. The van der Waals surface area contributed by atoms with E-state index in [0.717, 1.165) is 11.3 Å². The van der Waals surface area contributed by atoms with Crippen LogP contribution in [-0.2, 0) is 4.79 Å². The molecule has 0 spiro atoms. The van der Waals surface area contributed by atoms with Gasteiger partial charge in [-0.15, -0.1) is 0 Å². The third-order valence-corrected chi connectivity index (χ3v) is 4.62. The lowest BCUT2D eigenvalue weighted by molar-refractivity contribution is -0.124. The zero-order valence-electron chi connectivity index (χ0n) is 16.1. The smallest absolute Gasteiger partial charge is 0.253 e. The second-order valence-corrected chi connectivity index (χ2v) is 7.62. The number of benzene rings is 2. The van der Waals surface area contributed by atoms with Crippen molar-refractivity contribution in [1.29, 1.82) is 0 Å². The average molecular weight is 423 g/mol. The number of carbonyl (C=O) groups excluding carboxylic acids is 2. The van der Waals surface area contributed by atoms with Crippen LogP contribution in [0.1, 0.15) is 29.8 Å². The first-order chi connectivity index (χ1) is 13.3. The Morgan fingerprint density at radius 1 is 1.11 bits per heavy atom. The molecule has 7 heteroatoms. The monoisotopic (exact) mass is 422 g/mol. The highest BCUT2D eigenvalue weighted by molar-refractivity contribution is 6.36. The van der Waals surface area contributed by atoms with Gasteiger partial charge < -0.3 is 15.4 Å². The Balaban J connectivity index is 1.89. The number of hydrogen-bond donors (Lipinski definition) is 2. The fourth-order valence-corrected chi connectivity index (χ4v) is 3.08. The maximum Gasteiger partial charge on any atom is 0.253 e. The molecule has 2 amide bonds.